The number of rotatable bonds is 2. The van der Waals surface area contributed by atoms with Crippen LogP contribution in [0.3, 0.4) is 0 Å². The zero-order valence-electron chi connectivity index (χ0n) is 13.8. The number of methoxy groups -OCH3 is 1. The summed E-state index contributed by atoms with van der Waals surface area (Å²) in [7, 11) is 1.71. The minimum absolute atomic E-state index is 0.759. The van der Waals surface area contributed by atoms with Crippen LogP contribution in [0, 0.1) is 20.8 Å². The van der Waals surface area contributed by atoms with E-state index in [2.05, 4.69) is 44.0 Å². The molecule has 0 bridgehead atoms. The summed E-state index contributed by atoms with van der Waals surface area (Å²) in [5.41, 5.74) is 5.41. The quantitative estimate of drug-likeness (QED) is 0.657. The van der Waals surface area contributed by atoms with Crippen molar-refractivity contribution in [1.82, 2.24) is 0 Å². The van der Waals surface area contributed by atoms with Crippen LogP contribution in [-0.2, 0) is 0 Å². The minimum Gasteiger partial charge on any atom is -0.495 e. The fourth-order valence-corrected chi connectivity index (χ4v) is 2.81. The van der Waals surface area contributed by atoms with Crippen molar-refractivity contribution in [1.29, 1.82) is 0 Å². The van der Waals surface area contributed by atoms with Crippen molar-refractivity contribution in [2.24, 2.45) is 4.99 Å². The highest BCUT2D eigenvalue weighted by atomic mass is 16.5. The van der Waals surface area contributed by atoms with Crippen molar-refractivity contribution < 1.29 is 9.15 Å². The normalized spacial score (nSPS) is 12.3. The largest absolute Gasteiger partial charge is 0.495 e. The molecule has 0 spiro atoms. The van der Waals surface area contributed by atoms with Crippen LogP contribution in [0.1, 0.15) is 23.6 Å². The van der Waals surface area contributed by atoms with Gasteiger partial charge in [0.05, 0.1) is 23.4 Å². The summed E-state index contributed by atoms with van der Waals surface area (Å²) >= 11 is 0. The van der Waals surface area contributed by atoms with E-state index in [1.807, 2.05) is 13.0 Å². The Balaban J connectivity index is 2.47. The molecule has 1 heterocycles. The van der Waals surface area contributed by atoms with Gasteiger partial charge in [-0.25, -0.2) is 0 Å². The third kappa shape index (κ3) is 2.27. The van der Waals surface area contributed by atoms with Crippen LogP contribution in [0.2, 0.25) is 0 Å². The second kappa shape index (κ2) is 5.48. The summed E-state index contributed by atoms with van der Waals surface area (Å²) in [6, 6.07) is 8.31. The molecule has 114 valence electrons. The number of hydrogen-bond donors (Lipinski definition) is 0. The van der Waals surface area contributed by atoms with Crippen molar-refractivity contribution in [2.45, 2.75) is 27.7 Å². The molecule has 3 heteroatoms. The van der Waals surface area contributed by atoms with Gasteiger partial charge in [0.15, 0.2) is 0 Å². The number of aryl methyl sites for hydroxylation is 3. The lowest BCUT2D eigenvalue weighted by Gasteiger charge is -2.15. The lowest BCUT2D eigenvalue weighted by Crippen LogP contribution is -2.08. The van der Waals surface area contributed by atoms with Crippen LogP contribution in [-0.4, -0.2) is 13.7 Å². The van der Waals surface area contributed by atoms with E-state index in [9.17, 15) is 0 Å². The van der Waals surface area contributed by atoms with E-state index in [0.29, 0.717) is 0 Å². The molecular weight excluding hydrogens is 274 g/mol. The number of fused-ring (bicyclic) bond motifs is 2. The first-order chi connectivity index (χ1) is 10.5. The standard InChI is InChI=1S/C19H21NO2/c1-6-20-16-10-18-15(8-13(16)4)19(21-5)14-7-11(2)12(3)9-17(14)22-18/h7-10H,6H2,1-5H3. The molecule has 3 rings (SSSR count). The molecule has 0 amide bonds. The van der Waals surface area contributed by atoms with Gasteiger partial charge in [0.2, 0.25) is 0 Å². The van der Waals surface area contributed by atoms with Crippen LogP contribution in [0.15, 0.2) is 33.7 Å². The fraction of sp³-hybridized carbons (Fsp3) is 0.316. The average Bonchev–Trinajstić information content (AvgIpc) is 2.48. The van der Waals surface area contributed by atoms with Gasteiger partial charge in [-0.2, -0.15) is 0 Å². The first-order valence-electron chi connectivity index (χ1n) is 7.58. The SMILES string of the molecule is CCN=c1cc2oc3cc(C)c(C)cc3c(OC)c-2cc1C. The Morgan fingerprint density at radius 1 is 1.00 bits per heavy atom. The minimum atomic E-state index is 0.759. The smallest absolute Gasteiger partial charge is 0.140 e. The van der Waals surface area contributed by atoms with E-state index < -0.39 is 0 Å². The monoisotopic (exact) mass is 295 g/mol. The third-order valence-corrected chi connectivity index (χ3v) is 4.14. The van der Waals surface area contributed by atoms with Gasteiger partial charge < -0.3 is 9.15 Å². The molecule has 1 aromatic rings. The lowest BCUT2D eigenvalue weighted by atomic mass is 10.0. The molecule has 1 aliphatic carbocycles. The molecule has 0 fully saturated rings. The van der Waals surface area contributed by atoms with Crippen LogP contribution in [0.25, 0.3) is 22.3 Å². The first-order valence-corrected chi connectivity index (χ1v) is 7.58. The van der Waals surface area contributed by atoms with Crippen LogP contribution in [0.5, 0.6) is 5.75 Å². The highest BCUT2D eigenvalue weighted by Crippen LogP contribution is 2.39. The number of ether oxygens (including phenoxy) is 1. The van der Waals surface area contributed by atoms with Crippen LogP contribution >= 0.6 is 0 Å². The number of hydrogen-bond acceptors (Lipinski definition) is 3. The Hall–Kier alpha value is -2.29. The van der Waals surface area contributed by atoms with Gasteiger partial charge in [0.1, 0.15) is 17.1 Å². The summed E-state index contributed by atoms with van der Waals surface area (Å²) < 4.78 is 11.8. The van der Waals surface area contributed by atoms with Gasteiger partial charge >= 0.3 is 0 Å². The zero-order valence-corrected chi connectivity index (χ0v) is 13.8. The van der Waals surface area contributed by atoms with E-state index in [-0.39, 0.29) is 0 Å². The maximum atomic E-state index is 6.13. The molecule has 3 nitrogen and oxygen atoms in total. The molecule has 0 radical (unpaired) electrons. The first kappa shape index (κ1) is 14.6. The number of nitrogens with zero attached hydrogens (tertiary/aromatic N) is 1. The zero-order chi connectivity index (χ0) is 15.9. The highest BCUT2D eigenvalue weighted by Gasteiger charge is 2.17. The van der Waals surface area contributed by atoms with Gasteiger partial charge in [-0.05, 0) is 62.6 Å². The average molecular weight is 295 g/mol. The van der Waals surface area contributed by atoms with Crippen molar-refractivity contribution in [3.63, 3.8) is 0 Å². The molecule has 0 saturated heterocycles. The highest BCUT2D eigenvalue weighted by molar-refractivity contribution is 5.92. The maximum absolute atomic E-state index is 6.13. The summed E-state index contributed by atoms with van der Waals surface area (Å²) in [5, 5.41) is 1.99. The van der Waals surface area contributed by atoms with E-state index in [4.69, 9.17) is 9.15 Å². The molecule has 0 saturated carbocycles. The Morgan fingerprint density at radius 2 is 1.73 bits per heavy atom. The summed E-state index contributed by atoms with van der Waals surface area (Å²) in [6.07, 6.45) is 0. The lowest BCUT2D eigenvalue weighted by molar-refractivity contribution is 0.417. The number of benzene rings is 2. The van der Waals surface area contributed by atoms with Gasteiger partial charge in [0, 0.05) is 12.6 Å². The van der Waals surface area contributed by atoms with Crippen molar-refractivity contribution in [3.05, 3.63) is 46.3 Å². The Bertz CT molecular complexity index is 890. The molecule has 0 N–H and O–H groups in total. The molecule has 0 aromatic heterocycles. The topological polar surface area (TPSA) is 34.7 Å². The summed E-state index contributed by atoms with van der Waals surface area (Å²) in [4.78, 5) is 4.52. The molecule has 0 unspecified atom stereocenters. The molecule has 0 atom stereocenters. The van der Waals surface area contributed by atoms with E-state index in [1.165, 1.54) is 11.1 Å². The fourth-order valence-electron chi connectivity index (χ4n) is 2.81. The predicted molar refractivity (Wildman–Crippen MR) is 89.7 cm³/mol. The predicted octanol–water partition coefficient (Wildman–Crippen LogP) is 4.39. The van der Waals surface area contributed by atoms with Crippen LogP contribution in [0.4, 0.5) is 0 Å². The van der Waals surface area contributed by atoms with Crippen molar-refractivity contribution in [2.75, 3.05) is 13.7 Å². The summed E-state index contributed by atoms with van der Waals surface area (Å²) in [5.74, 6) is 1.68. The van der Waals surface area contributed by atoms with Gasteiger partial charge in [0.25, 0.3) is 0 Å². The van der Waals surface area contributed by atoms with Gasteiger partial charge in [-0.1, -0.05) is 0 Å². The molecule has 1 aliphatic heterocycles. The second-order valence-corrected chi connectivity index (χ2v) is 5.68. The van der Waals surface area contributed by atoms with Crippen molar-refractivity contribution >= 4 is 11.0 Å². The van der Waals surface area contributed by atoms with E-state index in [1.54, 1.807) is 7.11 Å². The Kier molecular flexibility index (Phi) is 3.65. The Labute approximate surface area is 130 Å². The maximum Gasteiger partial charge on any atom is 0.140 e. The molecular formula is C19H21NO2. The molecule has 22 heavy (non-hydrogen) atoms. The molecule has 1 aromatic carbocycles. The van der Waals surface area contributed by atoms with Gasteiger partial charge in [-0.3, -0.25) is 4.99 Å². The molecule has 2 aliphatic rings. The van der Waals surface area contributed by atoms with E-state index in [0.717, 1.165) is 45.5 Å². The van der Waals surface area contributed by atoms with Crippen LogP contribution < -0.4 is 10.1 Å². The van der Waals surface area contributed by atoms with Gasteiger partial charge in [-0.15, -0.1) is 0 Å². The summed E-state index contributed by atoms with van der Waals surface area (Å²) in [6.45, 7) is 9.06. The third-order valence-electron chi connectivity index (χ3n) is 4.14. The second-order valence-electron chi connectivity index (χ2n) is 5.68. The van der Waals surface area contributed by atoms with Crippen molar-refractivity contribution in [3.8, 4) is 17.1 Å². The van der Waals surface area contributed by atoms with E-state index >= 15 is 0 Å². The Morgan fingerprint density at radius 3 is 2.41 bits per heavy atom.